The molecule has 0 saturated heterocycles. The molecule has 2 unspecified atom stereocenters. The topological polar surface area (TPSA) is 63.0 Å². The van der Waals surface area contributed by atoms with Crippen molar-refractivity contribution in [3.8, 4) is 5.75 Å². The molecule has 6 nitrogen and oxygen atoms in total. The molecule has 4 rings (SSSR count). The SMILES string of the molecule is CCC(C)CN(CC(=O)N1CCc2sccc2C1COc1ccc(Cl)cc1)C(=O)c1ccco1. The van der Waals surface area contributed by atoms with Crippen molar-refractivity contribution in [1.29, 1.82) is 0 Å². The normalized spacial score (nSPS) is 16.1. The standard InChI is InChI=1S/C26H29ClN2O4S/c1-3-18(2)15-28(26(31)23-5-4-13-32-23)16-25(30)29-12-10-24-21(11-14-34-24)22(29)17-33-20-8-6-19(27)7-9-20/h4-9,11,13-14,18,22H,3,10,12,15-17H2,1-2H3. The maximum absolute atomic E-state index is 13.6. The van der Waals surface area contributed by atoms with E-state index in [1.54, 1.807) is 40.5 Å². The van der Waals surface area contributed by atoms with E-state index >= 15 is 0 Å². The number of ether oxygens (including phenoxy) is 1. The Kier molecular flexibility index (Phi) is 7.95. The van der Waals surface area contributed by atoms with Gasteiger partial charge in [0.1, 0.15) is 18.9 Å². The third-order valence-corrected chi connectivity index (χ3v) is 7.46. The minimum atomic E-state index is -0.263. The number of carbonyl (C=O) groups is 2. The van der Waals surface area contributed by atoms with Gasteiger partial charge in [-0.05, 0) is 65.7 Å². The number of carbonyl (C=O) groups excluding carboxylic acids is 2. The highest BCUT2D eigenvalue weighted by Gasteiger charge is 2.34. The van der Waals surface area contributed by atoms with Crippen LogP contribution in [0.4, 0.5) is 0 Å². The largest absolute Gasteiger partial charge is 0.491 e. The van der Waals surface area contributed by atoms with Crippen molar-refractivity contribution in [3.63, 3.8) is 0 Å². The Morgan fingerprint density at radius 2 is 2.06 bits per heavy atom. The van der Waals surface area contributed by atoms with Crippen molar-refractivity contribution < 1.29 is 18.7 Å². The highest BCUT2D eigenvalue weighted by molar-refractivity contribution is 7.10. The number of rotatable bonds is 9. The van der Waals surface area contributed by atoms with Crippen molar-refractivity contribution in [2.45, 2.75) is 32.7 Å². The number of hydrogen-bond acceptors (Lipinski definition) is 5. The lowest BCUT2D eigenvalue weighted by Crippen LogP contribution is -2.48. The molecule has 180 valence electrons. The van der Waals surface area contributed by atoms with Crippen LogP contribution in [-0.2, 0) is 11.2 Å². The van der Waals surface area contributed by atoms with E-state index < -0.39 is 0 Å². The number of fused-ring (bicyclic) bond motifs is 1. The summed E-state index contributed by atoms with van der Waals surface area (Å²) in [7, 11) is 0. The smallest absolute Gasteiger partial charge is 0.290 e. The average Bonchev–Trinajstić information content (AvgIpc) is 3.54. The molecule has 0 spiro atoms. The summed E-state index contributed by atoms with van der Waals surface area (Å²) in [4.78, 5) is 31.4. The van der Waals surface area contributed by atoms with Crippen molar-refractivity contribution in [2.24, 2.45) is 5.92 Å². The summed E-state index contributed by atoms with van der Waals surface area (Å²) in [5, 5.41) is 2.70. The second-order valence-corrected chi connectivity index (χ2v) is 10.0. The Hall–Kier alpha value is -2.77. The zero-order valence-corrected chi connectivity index (χ0v) is 21.0. The fraction of sp³-hybridized carbons (Fsp3) is 0.385. The van der Waals surface area contributed by atoms with Gasteiger partial charge in [-0.2, -0.15) is 0 Å². The van der Waals surface area contributed by atoms with Gasteiger partial charge >= 0.3 is 0 Å². The van der Waals surface area contributed by atoms with E-state index in [1.165, 1.54) is 11.1 Å². The molecule has 0 aliphatic carbocycles. The van der Waals surface area contributed by atoms with Crippen molar-refractivity contribution in [3.05, 3.63) is 75.3 Å². The van der Waals surface area contributed by atoms with Gasteiger partial charge in [0, 0.05) is 23.0 Å². The summed E-state index contributed by atoms with van der Waals surface area (Å²) in [5.74, 6) is 0.856. The summed E-state index contributed by atoms with van der Waals surface area (Å²) < 4.78 is 11.4. The first-order valence-corrected chi connectivity index (χ1v) is 12.8. The Morgan fingerprint density at radius 1 is 1.26 bits per heavy atom. The van der Waals surface area contributed by atoms with Crippen LogP contribution < -0.4 is 4.74 Å². The van der Waals surface area contributed by atoms with Crippen molar-refractivity contribution >= 4 is 34.8 Å². The zero-order chi connectivity index (χ0) is 24.1. The summed E-state index contributed by atoms with van der Waals surface area (Å²) in [6, 6.07) is 12.4. The van der Waals surface area contributed by atoms with E-state index in [-0.39, 0.29) is 36.1 Å². The van der Waals surface area contributed by atoms with Crippen LogP contribution in [-0.4, -0.2) is 47.9 Å². The number of furan rings is 1. The number of amides is 2. The van der Waals surface area contributed by atoms with Crippen LogP contribution in [0.25, 0.3) is 0 Å². The van der Waals surface area contributed by atoms with Gasteiger partial charge in [0.2, 0.25) is 5.91 Å². The lowest BCUT2D eigenvalue weighted by atomic mass is 10.00. The zero-order valence-electron chi connectivity index (χ0n) is 19.4. The lowest BCUT2D eigenvalue weighted by molar-refractivity contribution is -0.135. The first kappa shape index (κ1) is 24.4. The summed E-state index contributed by atoms with van der Waals surface area (Å²) in [6.07, 6.45) is 3.19. The van der Waals surface area contributed by atoms with Crippen molar-refractivity contribution in [2.75, 3.05) is 26.2 Å². The number of hydrogen-bond donors (Lipinski definition) is 0. The molecule has 0 radical (unpaired) electrons. The molecule has 0 N–H and O–H groups in total. The molecule has 3 heterocycles. The Labute approximate surface area is 209 Å². The molecular formula is C26H29ClN2O4S. The molecule has 0 fully saturated rings. The summed E-state index contributed by atoms with van der Waals surface area (Å²) in [5.41, 5.74) is 1.12. The molecule has 0 saturated carbocycles. The van der Waals surface area contributed by atoms with Gasteiger partial charge in [-0.25, -0.2) is 0 Å². The molecule has 8 heteroatoms. The highest BCUT2D eigenvalue weighted by atomic mass is 35.5. The fourth-order valence-electron chi connectivity index (χ4n) is 4.12. The fourth-order valence-corrected chi connectivity index (χ4v) is 5.17. The van der Waals surface area contributed by atoms with E-state index in [2.05, 4.69) is 25.3 Å². The van der Waals surface area contributed by atoms with Crippen LogP contribution in [0.3, 0.4) is 0 Å². The number of benzene rings is 1. The molecule has 3 aromatic rings. The third kappa shape index (κ3) is 5.65. The van der Waals surface area contributed by atoms with Crippen LogP contribution in [0.5, 0.6) is 5.75 Å². The van der Waals surface area contributed by atoms with Crippen LogP contribution >= 0.6 is 22.9 Å². The molecular weight excluding hydrogens is 472 g/mol. The van der Waals surface area contributed by atoms with E-state index in [1.807, 2.05) is 17.0 Å². The van der Waals surface area contributed by atoms with Gasteiger partial charge in [0.15, 0.2) is 5.76 Å². The lowest BCUT2D eigenvalue weighted by Gasteiger charge is -2.37. The van der Waals surface area contributed by atoms with Crippen LogP contribution in [0.1, 0.15) is 47.3 Å². The van der Waals surface area contributed by atoms with Crippen LogP contribution in [0.2, 0.25) is 5.02 Å². The third-order valence-electron chi connectivity index (χ3n) is 6.21. The highest BCUT2D eigenvalue weighted by Crippen LogP contribution is 2.34. The van der Waals surface area contributed by atoms with Gasteiger partial charge in [0.25, 0.3) is 5.91 Å². The molecule has 2 amide bonds. The maximum Gasteiger partial charge on any atom is 0.290 e. The number of thiophene rings is 1. The second-order valence-electron chi connectivity index (χ2n) is 8.59. The van der Waals surface area contributed by atoms with Gasteiger partial charge in [-0.1, -0.05) is 31.9 Å². The van der Waals surface area contributed by atoms with E-state index in [9.17, 15) is 9.59 Å². The van der Waals surface area contributed by atoms with E-state index in [4.69, 9.17) is 20.8 Å². The minimum absolute atomic E-state index is 0.000782. The molecule has 1 aliphatic rings. The first-order valence-electron chi connectivity index (χ1n) is 11.5. The van der Waals surface area contributed by atoms with Gasteiger partial charge in [0.05, 0.1) is 12.3 Å². The quantitative estimate of drug-likeness (QED) is 0.378. The van der Waals surface area contributed by atoms with Gasteiger partial charge in [-0.3, -0.25) is 9.59 Å². The molecule has 1 aromatic carbocycles. The first-order chi connectivity index (χ1) is 16.5. The number of halogens is 1. The molecule has 2 aromatic heterocycles. The predicted molar refractivity (Wildman–Crippen MR) is 133 cm³/mol. The van der Waals surface area contributed by atoms with E-state index in [0.29, 0.717) is 30.5 Å². The monoisotopic (exact) mass is 500 g/mol. The molecule has 2 atom stereocenters. The van der Waals surface area contributed by atoms with Gasteiger partial charge < -0.3 is 19.0 Å². The average molecular weight is 501 g/mol. The Morgan fingerprint density at radius 3 is 2.76 bits per heavy atom. The predicted octanol–water partition coefficient (Wildman–Crippen LogP) is 5.69. The Bertz CT molecular complexity index is 1100. The van der Waals surface area contributed by atoms with E-state index in [0.717, 1.165) is 18.4 Å². The number of nitrogens with zero attached hydrogens (tertiary/aromatic N) is 2. The Balaban J connectivity index is 1.52. The van der Waals surface area contributed by atoms with Crippen LogP contribution in [0, 0.1) is 5.92 Å². The molecule has 0 bridgehead atoms. The van der Waals surface area contributed by atoms with Gasteiger partial charge in [-0.15, -0.1) is 11.3 Å². The second kappa shape index (κ2) is 11.1. The van der Waals surface area contributed by atoms with Crippen molar-refractivity contribution in [1.82, 2.24) is 9.80 Å². The summed E-state index contributed by atoms with van der Waals surface area (Å²) in [6.45, 7) is 5.57. The van der Waals surface area contributed by atoms with Crippen LogP contribution in [0.15, 0.2) is 58.5 Å². The molecule has 34 heavy (non-hydrogen) atoms. The summed E-state index contributed by atoms with van der Waals surface area (Å²) >= 11 is 7.70. The maximum atomic E-state index is 13.6. The minimum Gasteiger partial charge on any atom is -0.491 e. The molecule has 1 aliphatic heterocycles.